The number of anilines is 1. The Bertz CT molecular complexity index is 1420. The summed E-state index contributed by atoms with van der Waals surface area (Å²) in [6, 6.07) is 6.24. The third-order valence-electron chi connectivity index (χ3n) is 7.45. The minimum atomic E-state index is -4.38. The average Bonchev–Trinajstić information content (AvgIpc) is 3.46. The van der Waals surface area contributed by atoms with Gasteiger partial charge in [-0.2, -0.15) is 18.2 Å². The lowest BCUT2D eigenvalue weighted by Gasteiger charge is -2.41. The van der Waals surface area contributed by atoms with Crippen molar-refractivity contribution in [1.29, 1.82) is 0 Å². The molecule has 1 aromatic carbocycles. The van der Waals surface area contributed by atoms with E-state index in [0.29, 0.717) is 34.4 Å². The zero-order chi connectivity index (χ0) is 25.7. The maximum absolute atomic E-state index is 13.4. The molecule has 0 unspecified atom stereocenters. The van der Waals surface area contributed by atoms with Gasteiger partial charge in [0.1, 0.15) is 11.6 Å². The van der Waals surface area contributed by atoms with Gasteiger partial charge in [0.2, 0.25) is 11.8 Å². The highest BCUT2D eigenvalue weighted by Crippen LogP contribution is 2.36. The van der Waals surface area contributed by atoms with E-state index in [-0.39, 0.29) is 6.04 Å². The number of nitrogens with one attached hydrogen (secondary N) is 1. The van der Waals surface area contributed by atoms with Crippen LogP contribution in [-0.2, 0) is 4.74 Å². The predicted octanol–water partition coefficient (Wildman–Crippen LogP) is 4.15. The monoisotopic (exact) mass is 515 g/mol. The van der Waals surface area contributed by atoms with Gasteiger partial charge in [-0.05, 0) is 43.5 Å². The Morgan fingerprint density at radius 1 is 1.16 bits per heavy atom. The van der Waals surface area contributed by atoms with E-state index in [4.69, 9.17) is 9.47 Å². The molecule has 9 nitrogen and oxygen atoms in total. The normalized spacial score (nSPS) is 18.8. The fourth-order valence-corrected chi connectivity index (χ4v) is 5.11. The standard InChI is InChI=1S/C25H28F3N7O2/c1-15(25(26,27)28)34-14-29-20-4-3-16(11-21(20)34)19-7-10-35-22(19)23(36-2)31-24(32-35)30-17-5-8-33(9-6-17)18-12-37-13-18/h3-4,7,10-11,14-15,17-18H,5-6,8-9,12-13H2,1-2H3,(H,30,32)/t15-/m0/s1. The van der Waals surface area contributed by atoms with Crippen LogP contribution in [0.15, 0.2) is 36.8 Å². The Labute approximate surface area is 211 Å². The number of aromatic nitrogens is 5. The Morgan fingerprint density at radius 2 is 1.95 bits per heavy atom. The Morgan fingerprint density at radius 3 is 2.62 bits per heavy atom. The van der Waals surface area contributed by atoms with Gasteiger partial charge in [0.15, 0.2) is 0 Å². The highest BCUT2D eigenvalue weighted by Gasteiger charge is 2.38. The van der Waals surface area contributed by atoms with Crippen molar-refractivity contribution in [3.63, 3.8) is 0 Å². The van der Waals surface area contributed by atoms with Gasteiger partial charge in [-0.3, -0.25) is 4.90 Å². The van der Waals surface area contributed by atoms with Crippen LogP contribution in [0.2, 0.25) is 0 Å². The summed E-state index contributed by atoms with van der Waals surface area (Å²) in [5.41, 5.74) is 3.02. The van der Waals surface area contributed by atoms with Crippen LogP contribution in [0.4, 0.5) is 19.1 Å². The molecule has 3 aromatic heterocycles. The van der Waals surface area contributed by atoms with Gasteiger partial charge in [-0.1, -0.05) is 6.07 Å². The molecule has 0 amide bonds. The molecule has 12 heteroatoms. The molecule has 0 radical (unpaired) electrons. The van der Waals surface area contributed by atoms with Gasteiger partial charge in [0, 0.05) is 30.9 Å². The van der Waals surface area contributed by atoms with Crippen LogP contribution >= 0.6 is 0 Å². The van der Waals surface area contributed by atoms with Gasteiger partial charge in [-0.15, -0.1) is 5.10 Å². The fourth-order valence-electron chi connectivity index (χ4n) is 5.11. The second kappa shape index (κ2) is 9.18. The number of rotatable bonds is 6. The van der Waals surface area contributed by atoms with Crippen LogP contribution in [0.3, 0.4) is 0 Å². The van der Waals surface area contributed by atoms with Crippen molar-refractivity contribution in [3.8, 4) is 17.0 Å². The van der Waals surface area contributed by atoms with Crippen molar-refractivity contribution >= 4 is 22.5 Å². The summed E-state index contributed by atoms with van der Waals surface area (Å²) < 4.78 is 54.0. The first kappa shape index (κ1) is 24.0. The van der Waals surface area contributed by atoms with E-state index in [9.17, 15) is 13.2 Å². The molecule has 1 N–H and O–H groups in total. The SMILES string of the molecule is COc1nc(NC2CCN(C3COC3)CC2)nn2ccc(-c3ccc4ncn([C@@H](C)C(F)(F)F)c4c3)c12. The molecule has 0 spiro atoms. The van der Waals surface area contributed by atoms with Gasteiger partial charge in [0.05, 0.1) is 43.7 Å². The van der Waals surface area contributed by atoms with E-state index in [1.807, 2.05) is 12.1 Å². The fraction of sp³-hybridized carbons (Fsp3) is 0.480. The largest absolute Gasteiger partial charge is 0.479 e. The topological polar surface area (TPSA) is 81.7 Å². The number of hydrogen-bond acceptors (Lipinski definition) is 7. The van der Waals surface area contributed by atoms with Crippen molar-refractivity contribution in [3.05, 3.63) is 36.8 Å². The minimum Gasteiger partial charge on any atom is -0.479 e. The Balaban J connectivity index is 1.28. The predicted molar refractivity (Wildman–Crippen MR) is 132 cm³/mol. The molecule has 0 saturated carbocycles. The number of hydrogen-bond donors (Lipinski definition) is 1. The van der Waals surface area contributed by atoms with Crippen LogP contribution < -0.4 is 10.1 Å². The summed E-state index contributed by atoms with van der Waals surface area (Å²) in [5, 5.41) is 8.10. The van der Waals surface area contributed by atoms with Gasteiger partial charge >= 0.3 is 6.18 Å². The van der Waals surface area contributed by atoms with Crippen molar-refractivity contribution < 1.29 is 22.6 Å². The molecule has 37 heavy (non-hydrogen) atoms. The smallest absolute Gasteiger partial charge is 0.408 e. The van der Waals surface area contributed by atoms with Crippen LogP contribution in [0.25, 0.3) is 27.7 Å². The summed E-state index contributed by atoms with van der Waals surface area (Å²) >= 11 is 0. The van der Waals surface area contributed by atoms with E-state index in [1.54, 1.807) is 30.0 Å². The molecule has 5 heterocycles. The number of likely N-dealkylation sites (tertiary alicyclic amines) is 1. The van der Waals surface area contributed by atoms with Crippen LogP contribution in [0.1, 0.15) is 25.8 Å². The molecule has 1 atom stereocenters. The third kappa shape index (κ3) is 4.37. The quantitative estimate of drug-likeness (QED) is 0.413. The van der Waals surface area contributed by atoms with Crippen molar-refractivity contribution in [2.45, 2.75) is 44.1 Å². The van der Waals surface area contributed by atoms with Crippen molar-refractivity contribution in [2.24, 2.45) is 0 Å². The number of piperidine rings is 1. The first-order valence-corrected chi connectivity index (χ1v) is 12.4. The maximum Gasteiger partial charge on any atom is 0.408 e. The van der Waals surface area contributed by atoms with E-state index < -0.39 is 12.2 Å². The lowest BCUT2D eigenvalue weighted by atomic mass is 10.0. The van der Waals surface area contributed by atoms with Gasteiger partial charge in [0.25, 0.3) is 0 Å². The van der Waals surface area contributed by atoms with Crippen LogP contribution in [-0.4, -0.2) is 80.7 Å². The number of ether oxygens (including phenoxy) is 2. The second-order valence-corrected chi connectivity index (χ2v) is 9.69. The molecule has 196 valence electrons. The van der Waals surface area contributed by atoms with Crippen molar-refractivity contribution in [2.75, 3.05) is 38.7 Å². The van der Waals surface area contributed by atoms with Crippen LogP contribution in [0.5, 0.6) is 5.88 Å². The summed E-state index contributed by atoms with van der Waals surface area (Å²) in [4.78, 5) is 11.2. The lowest BCUT2D eigenvalue weighted by Crippen LogP contribution is -2.53. The zero-order valence-corrected chi connectivity index (χ0v) is 20.6. The Kier molecular flexibility index (Phi) is 5.95. The maximum atomic E-state index is 13.4. The van der Waals surface area contributed by atoms with Crippen molar-refractivity contribution in [1.82, 2.24) is 29.0 Å². The molecular formula is C25H28F3N7O2. The number of nitrogens with zero attached hydrogens (tertiary/aromatic N) is 6. The summed E-state index contributed by atoms with van der Waals surface area (Å²) in [7, 11) is 1.55. The first-order valence-electron chi connectivity index (χ1n) is 12.4. The zero-order valence-electron chi connectivity index (χ0n) is 20.6. The van der Waals surface area contributed by atoms with Gasteiger partial charge in [-0.25, -0.2) is 9.50 Å². The molecular weight excluding hydrogens is 487 g/mol. The number of alkyl halides is 3. The number of methoxy groups -OCH3 is 1. The average molecular weight is 516 g/mol. The summed E-state index contributed by atoms with van der Waals surface area (Å²) in [5.74, 6) is 0.864. The molecule has 2 saturated heterocycles. The van der Waals surface area contributed by atoms with Crippen LogP contribution in [0, 0.1) is 0 Å². The molecule has 2 aliphatic rings. The summed E-state index contributed by atoms with van der Waals surface area (Å²) in [6.45, 7) is 4.78. The first-order chi connectivity index (χ1) is 17.8. The summed E-state index contributed by atoms with van der Waals surface area (Å²) in [6.07, 6.45) is 0.632. The second-order valence-electron chi connectivity index (χ2n) is 9.69. The number of imidazole rings is 1. The Hall–Kier alpha value is -3.38. The van der Waals surface area contributed by atoms with E-state index >= 15 is 0 Å². The third-order valence-corrected chi connectivity index (χ3v) is 7.45. The highest BCUT2D eigenvalue weighted by molar-refractivity contribution is 5.89. The number of fused-ring (bicyclic) bond motifs is 2. The number of benzene rings is 1. The molecule has 2 fully saturated rings. The molecule has 0 bridgehead atoms. The van der Waals surface area contributed by atoms with E-state index in [0.717, 1.165) is 61.8 Å². The van der Waals surface area contributed by atoms with E-state index in [2.05, 4.69) is 25.3 Å². The molecule has 4 aromatic rings. The highest BCUT2D eigenvalue weighted by atomic mass is 19.4. The number of halogens is 3. The minimum absolute atomic E-state index is 0.257. The van der Waals surface area contributed by atoms with Gasteiger partial charge < -0.3 is 19.4 Å². The molecule has 6 rings (SSSR count). The lowest BCUT2D eigenvalue weighted by molar-refractivity contribution is -0.162. The molecule has 2 aliphatic heterocycles. The molecule has 0 aliphatic carbocycles. The van der Waals surface area contributed by atoms with E-state index in [1.165, 1.54) is 6.33 Å².